The van der Waals surface area contributed by atoms with E-state index >= 15 is 0 Å². The van der Waals surface area contributed by atoms with Crippen molar-refractivity contribution in [1.29, 1.82) is 0 Å². The van der Waals surface area contributed by atoms with Crippen LogP contribution in [0.3, 0.4) is 0 Å². The lowest BCUT2D eigenvalue weighted by atomic mass is 10.1. The largest absolute Gasteiger partial charge is 0.375 e. The van der Waals surface area contributed by atoms with Gasteiger partial charge in [0, 0.05) is 23.7 Å². The first-order valence-electron chi connectivity index (χ1n) is 8.53. The molecular weight excluding hydrogens is 423 g/mol. The lowest BCUT2D eigenvalue weighted by Crippen LogP contribution is -2.40. The van der Waals surface area contributed by atoms with Crippen molar-refractivity contribution in [2.45, 2.75) is 12.5 Å². The number of hydrogen-bond acceptors (Lipinski definition) is 7. The first-order chi connectivity index (χ1) is 13.6. The first kappa shape index (κ1) is 19.3. The molecule has 0 radical (unpaired) electrons. The average molecular weight is 439 g/mol. The fraction of sp³-hybridized carbons (Fsp3) is 0.294. The summed E-state index contributed by atoms with van der Waals surface area (Å²) in [6.07, 6.45) is 3.10. The van der Waals surface area contributed by atoms with Crippen molar-refractivity contribution in [2.24, 2.45) is 0 Å². The Balaban J connectivity index is 1.61. The van der Waals surface area contributed by atoms with E-state index in [2.05, 4.69) is 25.7 Å². The molecule has 1 saturated heterocycles. The molecule has 3 heterocycles. The Morgan fingerprint density at radius 3 is 3.04 bits per heavy atom. The zero-order valence-electron chi connectivity index (χ0n) is 14.6. The number of benzene rings is 1. The summed E-state index contributed by atoms with van der Waals surface area (Å²) >= 11 is 13.7. The molecule has 0 saturated carbocycles. The molecule has 1 unspecified atom stereocenters. The molecule has 28 heavy (non-hydrogen) atoms. The van der Waals surface area contributed by atoms with Crippen molar-refractivity contribution < 1.29 is 9.53 Å². The van der Waals surface area contributed by atoms with E-state index in [-0.39, 0.29) is 18.4 Å². The van der Waals surface area contributed by atoms with E-state index in [1.165, 1.54) is 17.7 Å². The minimum atomic E-state index is -0.165. The number of amides is 1. The molecule has 3 aromatic rings. The molecule has 0 aliphatic carbocycles. The molecule has 146 valence electrons. The Morgan fingerprint density at radius 2 is 2.32 bits per heavy atom. The first-order valence-corrected chi connectivity index (χ1v) is 10.1. The molecule has 1 aromatic carbocycles. The highest BCUT2D eigenvalue weighted by Gasteiger charge is 2.21. The van der Waals surface area contributed by atoms with E-state index in [0.29, 0.717) is 44.6 Å². The maximum absolute atomic E-state index is 12.4. The summed E-state index contributed by atoms with van der Waals surface area (Å²) in [6, 6.07) is 5.17. The topological polar surface area (TPSA) is 94.0 Å². The number of ether oxygens (including phenoxy) is 1. The smallest absolute Gasteiger partial charge is 0.228 e. The molecule has 1 atom stereocenters. The molecule has 4 rings (SSSR count). The number of nitrogens with zero attached hydrogens (tertiary/aromatic N) is 4. The SMILES string of the molecule is O=C(CC1CNCCO1)Nc1nc(-c2ccc(Cl)cc2Cl)c(-n2cncn2)s1. The molecule has 1 aliphatic heterocycles. The van der Waals surface area contributed by atoms with Gasteiger partial charge < -0.3 is 15.4 Å². The van der Waals surface area contributed by atoms with Gasteiger partial charge in [0.25, 0.3) is 0 Å². The van der Waals surface area contributed by atoms with Gasteiger partial charge in [-0.2, -0.15) is 5.10 Å². The zero-order chi connectivity index (χ0) is 19.5. The Labute approximate surface area is 174 Å². The van der Waals surface area contributed by atoms with E-state index in [0.717, 1.165) is 6.54 Å². The van der Waals surface area contributed by atoms with E-state index in [1.54, 1.807) is 29.2 Å². The van der Waals surface area contributed by atoms with Crippen LogP contribution in [-0.4, -0.2) is 51.5 Å². The monoisotopic (exact) mass is 438 g/mol. The number of aromatic nitrogens is 4. The standard InChI is InChI=1S/C17H16Cl2N6O2S/c18-10-1-2-12(13(19)5-10)15-16(25-9-21-8-22-25)28-17(24-15)23-14(26)6-11-7-20-3-4-27-11/h1-2,5,8-9,11,20H,3-4,6-7H2,(H,23,24,26). The van der Waals surface area contributed by atoms with Gasteiger partial charge in [-0.05, 0) is 18.2 Å². The Bertz CT molecular complexity index is 972. The molecular formula is C17H16Cl2N6O2S. The van der Waals surface area contributed by atoms with Crippen LogP contribution in [0.4, 0.5) is 5.13 Å². The van der Waals surface area contributed by atoms with E-state index in [4.69, 9.17) is 27.9 Å². The number of hydrogen-bond donors (Lipinski definition) is 2. The number of halogens is 2. The summed E-state index contributed by atoms with van der Waals surface area (Å²) in [5.74, 6) is -0.165. The van der Waals surface area contributed by atoms with Crippen LogP contribution in [0.5, 0.6) is 0 Å². The van der Waals surface area contributed by atoms with Crippen LogP contribution in [0.25, 0.3) is 16.3 Å². The van der Waals surface area contributed by atoms with E-state index in [1.807, 2.05) is 0 Å². The number of nitrogens with one attached hydrogen (secondary N) is 2. The summed E-state index contributed by atoms with van der Waals surface area (Å²) in [6.45, 7) is 2.06. The minimum Gasteiger partial charge on any atom is -0.375 e. The highest BCUT2D eigenvalue weighted by atomic mass is 35.5. The number of carbonyl (C=O) groups is 1. The van der Waals surface area contributed by atoms with Gasteiger partial charge in [-0.15, -0.1) is 0 Å². The van der Waals surface area contributed by atoms with Gasteiger partial charge >= 0.3 is 0 Å². The fourth-order valence-electron chi connectivity index (χ4n) is 2.82. The summed E-state index contributed by atoms with van der Waals surface area (Å²) < 4.78 is 7.16. The van der Waals surface area contributed by atoms with Gasteiger partial charge in [-0.1, -0.05) is 34.5 Å². The second-order valence-electron chi connectivity index (χ2n) is 6.09. The summed E-state index contributed by atoms with van der Waals surface area (Å²) in [7, 11) is 0. The van der Waals surface area contributed by atoms with Gasteiger partial charge in [0.15, 0.2) is 5.13 Å². The third-order valence-corrected chi connectivity index (χ3v) is 5.59. The van der Waals surface area contributed by atoms with E-state index < -0.39 is 0 Å². The number of anilines is 1. The number of carbonyl (C=O) groups excluding carboxylic acids is 1. The predicted molar refractivity (Wildman–Crippen MR) is 108 cm³/mol. The zero-order valence-corrected chi connectivity index (χ0v) is 16.9. The van der Waals surface area contributed by atoms with Crippen LogP contribution in [0.15, 0.2) is 30.9 Å². The molecule has 11 heteroatoms. The summed E-state index contributed by atoms with van der Waals surface area (Å²) in [4.78, 5) is 21.0. The second-order valence-corrected chi connectivity index (χ2v) is 7.91. The van der Waals surface area contributed by atoms with Crippen molar-refractivity contribution in [1.82, 2.24) is 25.1 Å². The predicted octanol–water partition coefficient (Wildman–Crippen LogP) is 3.01. The van der Waals surface area contributed by atoms with Gasteiger partial charge in [-0.3, -0.25) is 4.79 Å². The average Bonchev–Trinajstić information content (AvgIpc) is 3.32. The number of morpholine rings is 1. The van der Waals surface area contributed by atoms with Crippen LogP contribution in [0, 0.1) is 0 Å². The van der Waals surface area contributed by atoms with Gasteiger partial charge in [0.05, 0.1) is 24.2 Å². The fourth-order valence-corrected chi connectivity index (χ4v) is 4.24. The molecule has 2 N–H and O–H groups in total. The molecule has 1 aliphatic rings. The quantitative estimate of drug-likeness (QED) is 0.635. The van der Waals surface area contributed by atoms with Crippen LogP contribution < -0.4 is 10.6 Å². The van der Waals surface area contributed by atoms with Gasteiger partial charge in [0.1, 0.15) is 23.3 Å². The van der Waals surface area contributed by atoms with Gasteiger partial charge in [0.2, 0.25) is 5.91 Å². The highest BCUT2D eigenvalue weighted by Crippen LogP contribution is 2.38. The molecule has 2 aromatic heterocycles. The lowest BCUT2D eigenvalue weighted by Gasteiger charge is -2.22. The third kappa shape index (κ3) is 4.34. The number of rotatable bonds is 5. The maximum Gasteiger partial charge on any atom is 0.228 e. The normalized spacial score (nSPS) is 16.9. The molecule has 1 fully saturated rings. The van der Waals surface area contributed by atoms with Gasteiger partial charge in [-0.25, -0.2) is 14.6 Å². The molecule has 0 bridgehead atoms. The van der Waals surface area contributed by atoms with E-state index in [9.17, 15) is 4.79 Å². The van der Waals surface area contributed by atoms with Crippen LogP contribution in [0.2, 0.25) is 10.0 Å². The minimum absolute atomic E-state index is 0.145. The Morgan fingerprint density at radius 1 is 1.43 bits per heavy atom. The van der Waals surface area contributed by atoms with Crippen molar-refractivity contribution >= 4 is 45.6 Å². The van der Waals surface area contributed by atoms with Crippen molar-refractivity contribution in [2.75, 3.05) is 25.0 Å². The lowest BCUT2D eigenvalue weighted by molar-refractivity contribution is -0.119. The maximum atomic E-state index is 12.4. The van der Waals surface area contributed by atoms with Crippen LogP contribution >= 0.6 is 34.5 Å². The molecule has 1 amide bonds. The van der Waals surface area contributed by atoms with Crippen LogP contribution in [0.1, 0.15) is 6.42 Å². The Kier molecular flexibility index (Phi) is 5.88. The van der Waals surface area contributed by atoms with Crippen molar-refractivity contribution in [3.8, 4) is 16.3 Å². The summed E-state index contributed by atoms with van der Waals surface area (Å²) in [5.41, 5.74) is 1.27. The summed E-state index contributed by atoms with van der Waals surface area (Å²) in [5, 5.41) is 12.3. The Hall–Kier alpha value is -2.04. The third-order valence-electron chi connectivity index (χ3n) is 4.09. The second kappa shape index (κ2) is 8.54. The molecule has 8 nitrogen and oxygen atoms in total. The van der Waals surface area contributed by atoms with Crippen molar-refractivity contribution in [3.63, 3.8) is 0 Å². The highest BCUT2D eigenvalue weighted by molar-refractivity contribution is 7.18. The van der Waals surface area contributed by atoms with Crippen LogP contribution in [-0.2, 0) is 9.53 Å². The molecule has 0 spiro atoms. The number of thiazole rings is 1. The van der Waals surface area contributed by atoms with Crippen molar-refractivity contribution in [3.05, 3.63) is 40.9 Å².